The number of piperidine rings is 1. The number of likely N-dealkylation sites (tertiary alicyclic amines) is 1. The second kappa shape index (κ2) is 9.62. The summed E-state index contributed by atoms with van der Waals surface area (Å²) in [6.45, 7) is 3.16. The van der Waals surface area contributed by atoms with Gasteiger partial charge in [-0.1, -0.05) is 48.5 Å². The van der Waals surface area contributed by atoms with Gasteiger partial charge in [-0.3, -0.25) is 9.59 Å². The zero-order valence-electron chi connectivity index (χ0n) is 19.8. The fourth-order valence-corrected chi connectivity index (χ4v) is 5.41. The number of carbonyl (C=O) groups is 2. The molecule has 2 heterocycles. The number of hydrogen-bond acceptors (Lipinski definition) is 3. The van der Waals surface area contributed by atoms with Gasteiger partial charge in [0.2, 0.25) is 5.91 Å². The highest BCUT2D eigenvalue weighted by atomic mass is 19.1. The number of halogens is 1. The van der Waals surface area contributed by atoms with Crippen LogP contribution < -0.4 is 4.90 Å². The van der Waals surface area contributed by atoms with Crippen LogP contribution in [0.2, 0.25) is 0 Å². The highest BCUT2D eigenvalue weighted by Crippen LogP contribution is 2.39. The third-order valence-electron chi connectivity index (χ3n) is 7.20. The largest absolute Gasteiger partial charge is 0.373 e. The maximum Gasteiger partial charge on any atom is 0.254 e. The van der Waals surface area contributed by atoms with E-state index in [1.165, 1.54) is 19.1 Å². The number of amides is 2. The van der Waals surface area contributed by atoms with Crippen LogP contribution in [0.4, 0.5) is 10.1 Å². The molecule has 0 N–H and O–H groups in total. The first-order valence-corrected chi connectivity index (χ1v) is 12.1. The lowest BCUT2D eigenvalue weighted by atomic mass is 9.86. The zero-order chi connectivity index (χ0) is 24.4. The van der Waals surface area contributed by atoms with Gasteiger partial charge in [0.25, 0.3) is 5.91 Å². The number of benzene rings is 3. The Morgan fingerprint density at radius 1 is 0.943 bits per heavy atom. The van der Waals surface area contributed by atoms with Crippen molar-refractivity contribution in [3.05, 3.63) is 90.2 Å². The van der Waals surface area contributed by atoms with Crippen LogP contribution >= 0.6 is 0 Å². The summed E-state index contributed by atoms with van der Waals surface area (Å²) in [7, 11) is 0. The first-order valence-electron chi connectivity index (χ1n) is 12.1. The van der Waals surface area contributed by atoms with Gasteiger partial charge in [-0.15, -0.1) is 0 Å². The number of carbonyl (C=O) groups excluding carboxylic acids is 2. The fraction of sp³-hybridized carbons (Fsp3) is 0.310. The minimum Gasteiger partial charge on any atom is -0.373 e. The molecule has 6 heteroatoms. The van der Waals surface area contributed by atoms with Gasteiger partial charge >= 0.3 is 0 Å². The third-order valence-corrected chi connectivity index (χ3v) is 7.20. The second-order valence-electron chi connectivity index (χ2n) is 9.42. The molecule has 180 valence electrons. The standard InChI is InChI=1S/C29H29FN2O3/c1-21(33)32(24-13-11-23(30)12-14-24)25-19-29(35-20-25)15-17-31(18-16-29)28(34)27-10-6-5-9-26(27)22-7-3-2-4-8-22/h2-14,25H,15-20H2,1H3. The quantitative estimate of drug-likeness (QED) is 0.517. The molecular formula is C29H29FN2O3. The fourth-order valence-electron chi connectivity index (χ4n) is 5.41. The molecule has 1 unspecified atom stereocenters. The maximum absolute atomic E-state index is 13.5. The molecule has 0 bridgehead atoms. The van der Waals surface area contributed by atoms with Crippen molar-refractivity contribution in [2.45, 2.75) is 37.8 Å². The molecule has 0 saturated carbocycles. The van der Waals surface area contributed by atoms with Gasteiger partial charge in [-0.2, -0.15) is 0 Å². The minimum atomic E-state index is -0.353. The summed E-state index contributed by atoms with van der Waals surface area (Å²) in [5.41, 5.74) is 2.99. The van der Waals surface area contributed by atoms with E-state index in [4.69, 9.17) is 4.74 Å². The SMILES string of the molecule is CC(=O)N(c1ccc(F)cc1)C1COC2(CCN(C(=O)c3ccccc3-c3ccccc3)CC2)C1. The molecule has 2 aliphatic heterocycles. The normalized spacial score (nSPS) is 19.0. The predicted octanol–water partition coefficient (Wildman–Crippen LogP) is 5.31. The molecule has 3 aromatic carbocycles. The van der Waals surface area contributed by atoms with Crippen molar-refractivity contribution in [2.24, 2.45) is 0 Å². The van der Waals surface area contributed by atoms with Crippen LogP contribution in [0.1, 0.15) is 36.5 Å². The van der Waals surface area contributed by atoms with Crippen molar-refractivity contribution < 1.29 is 18.7 Å². The van der Waals surface area contributed by atoms with Crippen LogP contribution in [0.5, 0.6) is 0 Å². The molecule has 3 aromatic rings. The van der Waals surface area contributed by atoms with E-state index in [1.54, 1.807) is 17.0 Å². The van der Waals surface area contributed by atoms with Crippen molar-refractivity contribution in [1.82, 2.24) is 4.90 Å². The van der Waals surface area contributed by atoms with Gasteiger partial charge < -0.3 is 14.5 Å². The van der Waals surface area contributed by atoms with Gasteiger partial charge in [0.05, 0.1) is 18.2 Å². The number of hydrogen-bond donors (Lipinski definition) is 0. The Morgan fingerprint density at radius 2 is 1.60 bits per heavy atom. The topological polar surface area (TPSA) is 49.9 Å². The van der Waals surface area contributed by atoms with Gasteiger partial charge in [0.15, 0.2) is 0 Å². The van der Waals surface area contributed by atoms with Crippen molar-refractivity contribution in [3.63, 3.8) is 0 Å². The number of rotatable bonds is 4. The average Bonchev–Trinajstić information content (AvgIpc) is 3.28. The van der Waals surface area contributed by atoms with Gasteiger partial charge in [0.1, 0.15) is 5.82 Å². The highest BCUT2D eigenvalue weighted by Gasteiger charge is 2.46. The van der Waals surface area contributed by atoms with Gasteiger partial charge in [-0.05, 0) is 60.7 Å². The summed E-state index contributed by atoms with van der Waals surface area (Å²) in [6.07, 6.45) is 2.14. The van der Waals surface area contributed by atoms with Crippen molar-refractivity contribution in [1.29, 1.82) is 0 Å². The summed E-state index contributed by atoms with van der Waals surface area (Å²) in [4.78, 5) is 29.6. The molecule has 35 heavy (non-hydrogen) atoms. The number of ether oxygens (including phenoxy) is 1. The highest BCUT2D eigenvalue weighted by molar-refractivity contribution is 6.01. The lowest BCUT2D eigenvalue weighted by molar-refractivity contribution is -0.117. The first-order chi connectivity index (χ1) is 17.0. The summed E-state index contributed by atoms with van der Waals surface area (Å²) >= 11 is 0. The van der Waals surface area contributed by atoms with Crippen molar-refractivity contribution in [3.8, 4) is 11.1 Å². The Balaban J connectivity index is 1.28. The van der Waals surface area contributed by atoms with Crippen molar-refractivity contribution in [2.75, 3.05) is 24.6 Å². The lowest BCUT2D eigenvalue weighted by Gasteiger charge is -2.39. The molecule has 2 aliphatic rings. The molecule has 1 atom stereocenters. The van der Waals surface area contributed by atoms with Crippen LogP contribution in [-0.2, 0) is 9.53 Å². The Hall–Kier alpha value is -3.51. The van der Waals surface area contributed by atoms with Gasteiger partial charge in [0, 0.05) is 31.3 Å². The number of nitrogens with zero attached hydrogens (tertiary/aromatic N) is 2. The Morgan fingerprint density at radius 3 is 2.29 bits per heavy atom. The Labute approximate surface area is 205 Å². The molecule has 0 aliphatic carbocycles. The Kier molecular flexibility index (Phi) is 6.39. The molecule has 1 spiro atoms. The first kappa shape index (κ1) is 23.2. The van der Waals surface area contributed by atoms with E-state index in [0.29, 0.717) is 37.4 Å². The molecule has 0 aromatic heterocycles. The summed E-state index contributed by atoms with van der Waals surface area (Å²) in [5, 5.41) is 0. The zero-order valence-corrected chi connectivity index (χ0v) is 19.8. The Bertz CT molecular complexity index is 1200. The summed E-state index contributed by atoms with van der Waals surface area (Å²) in [5.74, 6) is -0.389. The summed E-state index contributed by atoms with van der Waals surface area (Å²) < 4.78 is 19.7. The molecule has 5 rings (SSSR count). The predicted molar refractivity (Wildman–Crippen MR) is 134 cm³/mol. The molecule has 2 fully saturated rings. The van der Waals surface area contributed by atoms with Crippen LogP contribution in [0.25, 0.3) is 11.1 Å². The molecular weight excluding hydrogens is 443 g/mol. The van der Waals surface area contributed by atoms with Crippen LogP contribution in [0.3, 0.4) is 0 Å². The van der Waals surface area contributed by atoms with E-state index in [0.717, 1.165) is 24.0 Å². The van der Waals surface area contributed by atoms with E-state index >= 15 is 0 Å². The average molecular weight is 473 g/mol. The number of anilines is 1. The van der Waals surface area contributed by atoms with Crippen LogP contribution in [0.15, 0.2) is 78.9 Å². The van der Waals surface area contributed by atoms with E-state index in [2.05, 4.69) is 0 Å². The second-order valence-corrected chi connectivity index (χ2v) is 9.42. The third kappa shape index (κ3) is 4.71. The van der Waals surface area contributed by atoms with Crippen LogP contribution in [0, 0.1) is 5.82 Å². The molecule has 2 amide bonds. The lowest BCUT2D eigenvalue weighted by Crippen LogP contribution is -2.47. The van der Waals surface area contributed by atoms with Gasteiger partial charge in [-0.25, -0.2) is 4.39 Å². The molecule has 2 saturated heterocycles. The van der Waals surface area contributed by atoms with Crippen LogP contribution in [-0.4, -0.2) is 48.1 Å². The minimum absolute atomic E-state index is 0.0329. The van der Waals surface area contributed by atoms with E-state index < -0.39 is 0 Å². The monoisotopic (exact) mass is 472 g/mol. The molecule has 0 radical (unpaired) electrons. The van der Waals surface area contributed by atoms with E-state index in [1.807, 2.05) is 59.5 Å². The van der Waals surface area contributed by atoms with E-state index in [-0.39, 0.29) is 29.3 Å². The summed E-state index contributed by atoms with van der Waals surface area (Å²) in [6, 6.07) is 23.6. The van der Waals surface area contributed by atoms with Crippen molar-refractivity contribution >= 4 is 17.5 Å². The maximum atomic E-state index is 13.5. The molecule has 5 nitrogen and oxygen atoms in total. The smallest absolute Gasteiger partial charge is 0.254 e. The van der Waals surface area contributed by atoms with E-state index in [9.17, 15) is 14.0 Å².